The highest BCUT2D eigenvalue weighted by Gasteiger charge is 2.08. The van der Waals surface area contributed by atoms with Crippen LogP contribution in [0, 0.1) is 6.92 Å². The third-order valence-corrected chi connectivity index (χ3v) is 2.81. The fraction of sp³-hybridized carbons (Fsp3) is 0.214. The van der Waals surface area contributed by atoms with Crippen LogP contribution in [0.5, 0.6) is 0 Å². The van der Waals surface area contributed by atoms with Gasteiger partial charge in [0.1, 0.15) is 0 Å². The van der Waals surface area contributed by atoms with Gasteiger partial charge in [-0.2, -0.15) is 0 Å². The van der Waals surface area contributed by atoms with E-state index in [9.17, 15) is 0 Å². The van der Waals surface area contributed by atoms with Gasteiger partial charge >= 0.3 is 0 Å². The molecule has 1 heterocycles. The fourth-order valence-electron chi connectivity index (χ4n) is 1.87. The molecule has 0 spiro atoms. The van der Waals surface area contributed by atoms with Crippen molar-refractivity contribution in [2.75, 3.05) is 11.9 Å². The molecule has 0 unspecified atom stereocenters. The van der Waals surface area contributed by atoms with Gasteiger partial charge in [0, 0.05) is 25.5 Å². The van der Waals surface area contributed by atoms with Gasteiger partial charge in [0.2, 0.25) is 0 Å². The molecule has 0 amide bonds. The average Bonchev–Trinajstić information content (AvgIpc) is 2.38. The Kier molecular flexibility index (Phi) is 3.40. The number of nitrogens with zero attached hydrogens (tertiary/aromatic N) is 2. The molecule has 1 aromatic heterocycles. The normalized spacial score (nSPS) is 10.3. The van der Waals surface area contributed by atoms with Crippen LogP contribution in [0.25, 0.3) is 0 Å². The second-order valence-corrected chi connectivity index (χ2v) is 4.07. The van der Waals surface area contributed by atoms with Gasteiger partial charge in [-0.1, -0.05) is 12.1 Å². The Bertz CT molecular complexity index is 508. The maximum atomic E-state index is 5.71. The van der Waals surface area contributed by atoms with Crippen molar-refractivity contribution in [1.29, 1.82) is 0 Å². The minimum atomic E-state index is 0.451. The molecule has 0 aliphatic rings. The van der Waals surface area contributed by atoms with Crippen molar-refractivity contribution in [2.45, 2.75) is 13.5 Å². The van der Waals surface area contributed by atoms with Crippen LogP contribution in [0.3, 0.4) is 0 Å². The van der Waals surface area contributed by atoms with E-state index in [4.69, 9.17) is 5.73 Å². The topological polar surface area (TPSA) is 42.2 Å². The van der Waals surface area contributed by atoms with E-state index in [0.29, 0.717) is 6.54 Å². The van der Waals surface area contributed by atoms with Gasteiger partial charge in [0.05, 0.1) is 11.4 Å². The van der Waals surface area contributed by atoms with Crippen LogP contribution in [-0.2, 0) is 6.54 Å². The summed E-state index contributed by atoms with van der Waals surface area (Å²) in [5.41, 5.74) is 10.1. The van der Waals surface area contributed by atoms with Crippen molar-refractivity contribution in [3.63, 3.8) is 0 Å². The van der Waals surface area contributed by atoms with E-state index >= 15 is 0 Å². The summed E-state index contributed by atoms with van der Waals surface area (Å²) in [4.78, 5) is 6.41. The van der Waals surface area contributed by atoms with Crippen molar-refractivity contribution in [3.8, 4) is 0 Å². The Balaban J connectivity index is 2.40. The molecule has 2 rings (SSSR count). The largest absolute Gasteiger partial charge is 0.343 e. The van der Waals surface area contributed by atoms with Crippen molar-refractivity contribution >= 4 is 11.4 Å². The van der Waals surface area contributed by atoms with Gasteiger partial charge < -0.3 is 10.6 Å². The Hall–Kier alpha value is -1.87. The number of hydrogen-bond acceptors (Lipinski definition) is 3. The summed E-state index contributed by atoms with van der Waals surface area (Å²) in [5, 5.41) is 0. The van der Waals surface area contributed by atoms with Crippen LogP contribution in [0.4, 0.5) is 11.4 Å². The average molecular weight is 227 g/mol. The van der Waals surface area contributed by atoms with Gasteiger partial charge in [-0.05, 0) is 36.8 Å². The third kappa shape index (κ3) is 2.45. The van der Waals surface area contributed by atoms with Gasteiger partial charge in [-0.25, -0.2) is 0 Å². The number of anilines is 2. The van der Waals surface area contributed by atoms with E-state index in [1.54, 1.807) is 6.20 Å². The smallest absolute Gasteiger partial charge is 0.0775 e. The Morgan fingerprint density at radius 3 is 2.76 bits per heavy atom. The molecule has 0 atom stereocenters. The second kappa shape index (κ2) is 4.97. The predicted octanol–water partition coefficient (Wildman–Crippen LogP) is 2.62. The summed E-state index contributed by atoms with van der Waals surface area (Å²) in [6, 6.07) is 12.3. The molecule has 3 heteroatoms. The number of aryl methyl sites for hydroxylation is 1. The summed E-state index contributed by atoms with van der Waals surface area (Å²) in [5.74, 6) is 0. The molecule has 2 N–H and O–H groups in total. The lowest BCUT2D eigenvalue weighted by atomic mass is 10.2. The Morgan fingerprint density at radius 1 is 1.24 bits per heavy atom. The van der Waals surface area contributed by atoms with Crippen molar-refractivity contribution in [3.05, 3.63) is 53.9 Å². The van der Waals surface area contributed by atoms with Gasteiger partial charge in [-0.3, -0.25) is 4.98 Å². The van der Waals surface area contributed by atoms with Gasteiger partial charge in [0.15, 0.2) is 0 Å². The summed E-state index contributed by atoms with van der Waals surface area (Å²) >= 11 is 0. The van der Waals surface area contributed by atoms with Crippen LogP contribution in [0.2, 0.25) is 0 Å². The van der Waals surface area contributed by atoms with E-state index in [0.717, 1.165) is 17.1 Å². The Labute approximate surface area is 102 Å². The lowest BCUT2D eigenvalue weighted by Crippen LogP contribution is -2.14. The first-order valence-electron chi connectivity index (χ1n) is 5.66. The predicted molar refractivity (Wildman–Crippen MR) is 71.4 cm³/mol. The maximum Gasteiger partial charge on any atom is 0.0775 e. The zero-order chi connectivity index (χ0) is 12.3. The molecule has 0 aliphatic carbocycles. The zero-order valence-electron chi connectivity index (χ0n) is 10.2. The molecular formula is C14H17N3. The summed E-state index contributed by atoms with van der Waals surface area (Å²) in [6.45, 7) is 2.54. The molecule has 0 radical (unpaired) electrons. The standard InChI is InChI=1S/C14H17N3/c1-11-5-3-6-12(9-11)17(2)14-7-4-8-16-13(14)10-15/h3-9H,10,15H2,1-2H3. The lowest BCUT2D eigenvalue weighted by molar-refractivity contribution is 0.973. The van der Waals surface area contributed by atoms with Crippen LogP contribution in [0.15, 0.2) is 42.6 Å². The molecule has 88 valence electrons. The van der Waals surface area contributed by atoms with E-state index in [1.807, 2.05) is 19.2 Å². The summed E-state index contributed by atoms with van der Waals surface area (Å²) < 4.78 is 0. The van der Waals surface area contributed by atoms with Crippen LogP contribution >= 0.6 is 0 Å². The fourth-order valence-corrected chi connectivity index (χ4v) is 1.87. The number of rotatable bonds is 3. The maximum absolute atomic E-state index is 5.71. The molecule has 0 saturated heterocycles. The minimum absolute atomic E-state index is 0.451. The first-order chi connectivity index (χ1) is 8.22. The van der Waals surface area contributed by atoms with E-state index in [1.165, 1.54) is 5.56 Å². The van der Waals surface area contributed by atoms with Crippen LogP contribution < -0.4 is 10.6 Å². The van der Waals surface area contributed by atoms with E-state index in [-0.39, 0.29) is 0 Å². The minimum Gasteiger partial charge on any atom is -0.343 e. The van der Waals surface area contributed by atoms with Crippen molar-refractivity contribution < 1.29 is 0 Å². The van der Waals surface area contributed by atoms with Gasteiger partial charge in [-0.15, -0.1) is 0 Å². The van der Waals surface area contributed by atoms with E-state index < -0.39 is 0 Å². The molecule has 1 aromatic carbocycles. The highest BCUT2D eigenvalue weighted by atomic mass is 15.1. The molecule has 3 nitrogen and oxygen atoms in total. The number of aromatic nitrogens is 1. The quantitative estimate of drug-likeness (QED) is 0.876. The molecule has 0 bridgehead atoms. The highest BCUT2D eigenvalue weighted by molar-refractivity contribution is 5.64. The molecule has 0 saturated carbocycles. The third-order valence-electron chi connectivity index (χ3n) is 2.81. The molecule has 0 fully saturated rings. The number of benzene rings is 1. The molecule has 2 aromatic rings. The van der Waals surface area contributed by atoms with Gasteiger partial charge in [0.25, 0.3) is 0 Å². The second-order valence-electron chi connectivity index (χ2n) is 4.07. The molecule has 0 aliphatic heterocycles. The van der Waals surface area contributed by atoms with Crippen LogP contribution in [0.1, 0.15) is 11.3 Å². The zero-order valence-corrected chi connectivity index (χ0v) is 10.2. The first kappa shape index (κ1) is 11.6. The monoisotopic (exact) mass is 227 g/mol. The van der Waals surface area contributed by atoms with Crippen molar-refractivity contribution in [2.24, 2.45) is 5.73 Å². The summed E-state index contributed by atoms with van der Waals surface area (Å²) in [7, 11) is 2.03. The number of nitrogens with two attached hydrogens (primary N) is 1. The number of hydrogen-bond donors (Lipinski definition) is 1. The molecular weight excluding hydrogens is 210 g/mol. The van der Waals surface area contributed by atoms with Crippen LogP contribution in [-0.4, -0.2) is 12.0 Å². The first-order valence-corrected chi connectivity index (χ1v) is 5.66. The van der Waals surface area contributed by atoms with Crippen molar-refractivity contribution in [1.82, 2.24) is 4.98 Å². The highest BCUT2D eigenvalue weighted by Crippen LogP contribution is 2.25. The van der Waals surface area contributed by atoms with E-state index in [2.05, 4.69) is 41.1 Å². The summed E-state index contributed by atoms with van der Waals surface area (Å²) in [6.07, 6.45) is 1.77. The lowest BCUT2D eigenvalue weighted by Gasteiger charge is -2.21. The SMILES string of the molecule is Cc1cccc(N(C)c2cccnc2CN)c1. The molecule has 17 heavy (non-hydrogen) atoms. The number of pyridine rings is 1. The Morgan fingerprint density at radius 2 is 2.06 bits per heavy atom.